The second-order valence-corrected chi connectivity index (χ2v) is 4.46. The molecule has 6 heteroatoms. The molecule has 0 saturated carbocycles. The second-order valence-electron chi connectivity index (χ2n) is 4.46. The number of benzene rings is 1. The first kappa shape index (κ1) is 15.4. The number of hydrogen-bond donors (Lipinski definition) is 3. The number of nitrogen functional groups attached to an aromatic ring is 1. The zero-order valence-electron chi connectivity index (χ0n) is 11.0. The standard InChI is InChI=1S/C13H18F2N2O2/c1-3-13(4-2,7-18)17-12(19)9-5-8(14)6-10(16)11(9)15/h5-6,18H,3-4,7,16H2,1-2H3,(H,17,19). The van der Waals surface area contributed by atoms with Crippen molar-refractivity contribution in [2.45, 2.75) is 32.2 Å². The van der Waals surface area contributed by atoms with Gasteiger partial charge in [0.2, 0.25) is 0 Å². The summed E-state index contributed by atoms with van der Waals surface area (Å²) in [5.41, 5.74) is 3.55. The van der Waals surface area contributed by atoms with Gasteiger partial charge in [0.25, 0.3) is 5.91 Å². The smallest absolute Gasteiger partial charge is 0.254 e. The maximum atomic E-state index is 13.7. The molecule has 1 rings (SSSR count). The maximum Gasteiger partial charge on any atom is 0.254 e. The van der Waals surface area contributed by atoms with Gasteiger partial charge in [-0.05, 0) is 25.0 Å². The molecule has 19 heavy (non-hydrogen) atoms. The molecule has 4 nitrogen and oxygen atoms in total. The first-order valence-electron chi connectivity index (χ1n) is 6.07. The lowest BCUT2D eigenvalue weighted by molar-refractivity contribution is 0.0813. The quantitative estimate of drug-likeness (QED) is 0.716. The summed E-state index contributed by atoms with van der Waals surface area (Å²) in [6, 6.07) is 1.60. The number of nitrogens with one attached hydrogen (secondary N) is 1. The predicted molar refractivity (Wildman–Crippen MR) is 68.6 cm³/mol. The van der Waals surface area contributed by atoms with Crippen molar-refractivity contribution in [1.29, 1.82) is 0 Å². The largest absolute Gasteiger partial charge is 0.396 e. The Bertz CT molecular complexity index is 466. The molecule has 0 saturated heterocycles. The molecule has 1 aromatic carbocycles. The normalized spacial score (nSPS) is 11.4. The molecule has 0 fully saturated rings. The number of nitrogens with two attached hydrogens (primary N) is 1. The van der Waals surface area contributed by atoms with Crippen LogP contribution in [0.2, 0.25) is 0 Å². The molecule has 0 heterocycles. The Morgan fingerprint density at radius 2 is 1.95 bits per heavy atom. The highest BCUT2D eigenvalue weighted by Crippen LogP contribution is 2.20. The number of carbonyl (C=O) groups is 1. The Morgan fingerprint density at radius 3 is 2.42 bits per heavy atom. The molecule has 0 aliphatic heterocycles. The minimum Gasteiger partial charge on any atom is -0.396 e. The second kappa shape index (κ2) is 5.97. The van der Waals surface area contributed by atoms with E-state index in [1.165, 1.54) is 0 Å². The first-order valence-corrected chi connectivity index (χ1v) is 6.07. The van der Waals surface area contributed by atoms with Gasteiger partial charge in [0, 0.05) is 0 Å². The van der Waals surface area contributed by atoms with Gasteiger partial charge in [-0.3, -0.25) is 4.79 Å². The summed E-state index contributed by atoms with van der Waals surface area (Å²) in [5.74, 6) is -2.54. The molecule has 0 spiro atoms. The van der Waals surface area contributed by atoms with E-state index < -0.39 is 34.3 Å². The van der Waals surface area contributed by atoms with E-state index in [1.807, 2.05) is 0 Å². The van der Waals surface area contributed by atoms with Crippen molar-refractivity contribution in [1.82, 2.24) is 5.32 Å². The van der Waals surface area contributed by atoms with E-state index in [0.29, 0.717) is 12.8 Å². The van der Waals surface area contributed by atoms with Crippen molar-refractivity contribution in [2.75, 3.05) is 12.3 Å². The van der Waals surface area contributed by atoms with Crippen LogP contribution in [-0.2, 0) is 0 Å². The summed E-state index contributed by atoms with van der Waals surface area (Å²) in [4.78, 5) is 12.0. The predicted octanol–water partition coefficient (Wildman–Crippen LogP) is 1.83. The minimum atomic E-state index is -0.960. The highest BCUT2D eigenvalue weighted by Gasteiger charge is 2.29. The van der Waals surface area contributed by atoms with Gasteiger partial charge in [0.15, 0.2) is 5.82 Å². The number of aliphatic hydroxyl groups excluding tert-OH is 1. The van der Waals surface area contributed by atoms with Crippen LogP contribution in [0.4, 0.5) is 14.5 Å². The fraction of sp³-hybridized carbons (Fsp3) is 0.462. The zero-order chi connectivity index (χ0) is 14.6. The number of hydrogen-bond acceptors (Lipinski definition) is 3. The van der Waals surface area contributed by atoms with E-state index in [-0.39, 0.29) is 6.61 Å². The van der Waals surface area contributed by atoms with Gasteiger partial charge in [0.05, 0.1) is 23.4 Å². The van der Waals surface area contributed by atoms with Crippen LogP contribution in [0.3, 0.4) is 0 Å². The average molecular weight is 272 g/mol. The lowest BCUT2D eigenvalue weighted by atomic mass is 9.93. The molecule has 0 aliphatic rings. The van der Waals surface area contributed by atoms with Crippen LogP contribution in [0.15, 0.2) is 12.1 Å². The molecular formula is C13H18F2N2O2. The number of carbonyl (C=O) groups excluding carboxylic acids is 1. The average Bonchev–Trinajstić information content (AvgIpc) is 2.40. The van der Waals surface area contributed by atoms with Crippen molar-refractivity contribution in [3.63, 3.8) is 0 Å². The first-order chi connectivity index (χ1) is 8.89. The molecule has 0 unspecified atom stereocenters. The van der Waals surface area contributed by atoms with Crippen molar-refractivity contribution in [3.05, 3.63) is 29.3 Å². The van der Waals surface area contributed by atoms with Crippen molar-refractivity contribution < 1.29 is 18.7 Å². The zero-order valence-corrected chi connectivity index (χ0v) is 11.0. The van der Waals surface area contributed by atoms with Crippen molar-refractivity contribution >= 4 is 11.6 Å². The van der Waals surface area contributed by atoms with Crippen LogP contribution >= 0.6 is 0 Å². The number of aliphatic hydroxyl groups is 1. The molecule has 0 aliphatic carbocycles. The number of anilines is 1. The molecular weight excluding hydrogens is 254 g/mol. The van der Waals surface area contributed by atoms with E-state index >= 15 is 0 Å². The third kappa shape index (κ3) is 3.20. The van der Waals surface area contributed by atoms with Gasteiger partial charge in [-0.2, -0.15) is 0 Å². The van der Waals surface area contributed by atoms with Gasteiger partial charge in [-0.25, -0.2) is 8.78 Å². The maximum absolute atomic E-state index is 13.7. The lowest BCUT2D eigenvalue weighted by Crippen LogP contribution is -2.50. The van der Waals surface area contributed by atoms with Crippen LogP contribution < -0.4 is 11.1 Å². The minimum absolute atomic E-state index is 0.280. The highest BCUT2D eigenvalue weighted by molar-refractivity contribution is 5.96. The summed E-state index contributed by atoms with van der Waals surface area (Å²) in [6.07, 6.45) is 0.941. The van der Waals surface area contributed by atoms with Crippen LogP contribution in [-0.4, -0.2) is 23.2 Å². The van der Waals surface area contributed by atoms with Crippen LogP contribution in [0, 0.1) is 11.6 Å². The SMILES string of the molecule is CCC(CC)(CO)NC(=O)c1cc(F)cc(N)c1F. The number of rotatable bonds is 5. The topological polar surface area (TPSA) is 75.3 Å². The third-order valence-corrected chi connectivity index (χ3v) is 3.35. The molecule has 1 amide bonds. The Labute approximate surface area is 110 Å². The fourth-order valence-electron chi connectivity index (χ4n) is 1.77. The Morgan fingerprint density at radius 1 is 1.37 bits per heavy atom. The summed E-state index contributed by atoms with van der Waals surface area (Å²) in [7, 11) is 0. The van der Waals surface area contributed by atoms with Gasteiger partial charge < -0.3 is 16.2 Å². The van der Waals surface area contributed by atoms with E-state index in [1.54, 1.807) is 13.8 Å². The van der Waals surface area contributed by atoms with Crippen LogP contribution in [0.1, 0.15) is 37.0 Å². The summed E-state index contributed by atoms with van der Waals surface area (Å²) < 4.78 is 26.9. The number of halogens is 2. The lowest BCUT2D eigenvalue weighted by Gasteiger charge is -2.30. The molecule has 4 N–H and O–H groups in total. The van der Waals surface area contributed by atoms with E-state index in [4.69, 9.17) is 5.73 Å². The van der Waals surface area contributed by atoms with Crippen molar-refractivity contribution in [3.8, 4) is 0 Å². The Kier molecular flexibility index (Phi) is 4.83. The highest BCUT2D eigenvalue weighted by atomic mass is 19.1. The van der Waals surface area contributed by atoms with Crippen LogP contribution in [0.25, 0.3) is 0 Å². The van der Waals surface area contributed by atoms with Gasteiger partial charge in [-0.1, -0.05) is 13.8 Å². The summed E-state index contributed by atoms with van der Waals surface area (Å²) in [6.45, 7) is 3.30. The van der Waals surface area contributed by atoms with Gasteiger partial charge in [0.1, 0.15) is 5.82 Å². The Hall–Kier alpha value is -1.69. The van der Waals surface area contributed by atoms with E-state index in [2.05, 4.69) is 5.32 Å². The molecule has 1 aromatic rings. The van der Waals surface area contributed by atoms with Crippen molar-refractivity contribution in [2.24, 2.45) is 0 Å². The molecule has 0 aromatic heterocycles. The number of amides is 1. The van der Waals surface area contributed by atoms with Gasteiger partial charge in [-0.15, -0.1) is 0 Å². The summed E-state index contributed by atoms with van der Waals surface area (Å²) >= 11 is 0. The van der Waals surface area contributed by atoms with E-state index in [0.717, 1.165) is 12.1 Å². The van der Waals surface area contributed by atoms with Gasteiger partial charge >= 0.3 is 0 Å². The molecule has 0 radical (unpaired) electrons. The molecule has 106 valence electrons. The molecule has 0 atom stereocenters. The third-order valence-electron chi connectivity index (χ3n) is 3.35. The fourth-order valence-corrected chi connectivity index (χ4v) is 1.77. The Balaban J connectivity index is 3.08. The summed E-state index contributed by atoms with van der Waals surface area (Å²) in [5, 5.41) is 11.9. The van der Waals surface area contributed by atoms with Crippen LogP contribution in [0.5, 0.6) is 0 Å². The molecule has 0 bridgehead atoms. The monoisotopic (exact) mass is 272 g/mol. The van der Waals surface area contributed by atoms with E-state index in [9.17, 15) is 18.7 Å².